The Kier molecular flexibility index (Phi) is 6.43. The van der Waals surface area contributed by atoms with Crippen LogP contribution in [0.2, 0.25) is 0 Å². The van der Waals surface area contributed by atoms with Crippen LogP contribution in [0.25, 0.3) is 6.08 Å². The van der Waals surface area contributed by atoms with E-state index in [4.69, 9.17) is 4.74 Å². The number of Topliss-reactive ketones (excluding diaryl/α,β-unsaturated/α-hetero) is 1. The first-order valence-electron chi connectivity index (χ1n) is 8.23. The van der Waals surface area contributed by atoms with E-state index in [-0.39, 0.29) is 18.1 Å². The van der Waals surface area contributed by atoms with Gasteiger partial charge in [-0.15, -0.1) is 6.58 Å². The molecule has 0 spiro atoms. The van der Waals surface area contributed by atoms with Crippen LogP contribution in [0.15, 0.2) is 49.1 Å². The molecule has 1 aromatic carbocycles. The standard InChI is InChI=1S/C20H20N2O5/c1-4-11-21-14(2)12-18(15(21)3)19(23)13-27-20(24)10-7-16-5-8-17(9-6-16)22(25)26/h4-10,12H,1,11,13H2,2-3H3/b10-7+. The van der Waals surface area contributed by atoms with Crippen LogP contribution in [0, 0.1) is 24.0 Å². The highest BCUT2D eigenvalue weighted by Crippen LogP contribution is 2.16. The van der Waals surface area contributed by atoms with Crippen LogP contribution in [0.5, 0.6) is 0 Å². The maximum Gasteiger partial charge on any atom is 0.331 e. The molecule has 0 bridgehead atoms. The van der Waals surface area contributed by atoms with E-state index in [0.717, 1.165) is 11.4 Å². The van der Waals surface area contributed by atoms with Crippen molar-refractivity contribution >= 4 is 23.5 Å². The number of nitro groups is 1. The summed E-state index contributed by atoms with van der Waals surface area (Å²) in [5.41, 5.74) is 2.82. The van der Waals surface area contributed by atoms with E-state index >= 15 is 0 Å². The monoisotopic (exact) mass is 368 g/mol. The molecule has 140 valence electrons. The first kappa shape index (κ1) is 19.8. The van der Waals surface area contributed by atoms with Gasteiger partial charge in [0.05, 0.1) is 4.92 Å². The van der Waals surface area contributed by atoms with Gasteiger partial charge in [-0.3, -0.25) is 14.9 Å². The number of nitrogens with zero attached hydrogens (tertiary/aromatic N) is 2. The van der Waals surface area contributed by atoms with Gasteiger partial charge in [0.2, 0.25) is 5.78 Å². The van der Waals surface area contributed by atoms with Crippen LogP contribution >= 0.6 is 0 Å². The average Bonchev–Trinajstić information content (AvgIpc) is 2.93. The first-order chi connectivity index (χ1) is 12.8. The Labute approximate surface area is 156 Å². The minimum absolute atomic E-state index is 0.0330. The summed E-state index contributed by atoms with van der Waals surface area (Å²) in [4.78, 5) is 34.2. The number of non-ortho nitro benzene ring substituents is 1. The highest BCUT2D eigenvalue weighted by molar-refractivity contribution is 6.00. The van der Waals surface area contributed by atoms with Gasteiger partial charge in [0.15, 0.2) is 6.61 Å². The van der Waals surface area contributed by atoms with Gasteiger partial charge in [-0.1, -0.05) is 6.08 Å². The van der Waals surface area contributed by atoms with Gasteiger partial charge in [-0.25, -0.2) is 4.79 Å². The molecule has 0 unspecified atom stereocenters. The van der Waals surface area contributed by atoms with Crippen molar-refractivity contribution in [1.29, 1.82) is 0 Å². The number of rotatable bonds is 8. The zero-order chi connectivity index (χ0) is 20.0. The van der Waals surface area contributed by atoms with Crippen molar-refractivity contribution in [2.45, 2.75) is 20.4 Å². The first-order valence-corrected chi connectivity index (χ1v) is 8.23. The van der Waals surface area contributed by atoms with Crippen molar-refractivity contribution in [1.82, 2.24) is 4.57 Å². The minimum atomic E-state index is -0.665. The van der Waals surface area contributed by atoms with Gasteiger partial charge in [0.25, 0.3) is 5.69 Å². The lowest BCUT2D eigenvalue weighted by Crippen LogP contribution is -2.13. The van der Waals surface area contributed by atoms with Crippen LogP contribution in [-0.2, 0) is 16.1 Å². The predicted molar refractivity (Wildman–Crippen MR) is 102 cm³/mol. The zero-order valence-corrected chi connectivity index (χ0v) is 15.2. The molecule has 7 nitrogen and oxygen atoms in total. The van der Waals surface area contributed by atoms with E-state index in [1.807, 2.05) is 18.4 Å². The number of aromatic nitrogens is 1. The number of aryl methyl sites for hydroxylation is 1. The molecule has 27 heavy (non-hydrogen) atoms. The number of carbonyl (C=O) groups excluding carboxylic acids is 2. The van der Waals surface area contributed by atoms with Gasteiger partial charge >= 0.3 is 5.97 Å². The lowest BCUT2D eigenvalue weighted by Gasteiger charge is -2.06. The minimum Gasteiger partial charge on any atom is -0.454 e. The average molecular weight is 368 g/mol. The normalized spacial score (nSPS) is 10.7. The molecule has 0 saturated carbocycles. The lowest BCUT2D eigenvalue weighted by atomic mass is 10.1. The van der Waals surface area contributed by atoms with Crippen molar-refractivity contribution in [3.63, 3.8) is 0 Å². The Morgan fingerprint density at radius 2 is 1.93 bits per heavy atom. The zero-order valence-electron chi connectivity index (χ0n) is 15.2. The van der Waals surface area contributed by atoms with Crippen LogP contribution in [0.1, 0.15) is 27.3 Å². The molecule has 1 aromatic heterocycles. The Morgan fingerprint density at radius 1 is 1.26 bits per heavy atom. The van der Waals surface area contributed by atoms with Crippen molar-refractivity contribution < 1.29 is 19.2 Å². The number of nitro benzene ring substituents is 1. The SMILES string of the molecule is C=CCn1c(C)cc(C(=O)COC(=O)/C=C/c2ccc([N+](=O)[O-])cc2)c1C. The Balaban J connectivity index is 1.95. The Morgan fingerprint density at radius 3 is 2.52 bits per heavy atom. The summed E-state index contributed by atoms with van der Waals surface area (Å²) in [6.45, 7) is 7.66. The third-order valence-corrected chi connectivity index (χ3v) is 4.05. The fourth-order valence-electron chi connectivity index (χ4n) is 2.63. The smallest absolute Gasteiger partial charge is 0.331 e. The summed E-state index contributed by atoms with van der Waals surface area (Å²) in [5.74, 6) is -0.947. The second-order valence-corrected chi connectivity index (χ2v) is 5.90. The van der Waals surface area contributed by atoms with E-state index in [2.05, 4.69) is 6.58 Å². The fourth-order valence-corrected chi connectivity index (χ4v) is 2.63. The number of ether oxygens (including phenoxy) is 1. The molecule has 1 heterocycles. The Bertz CT molecular complexity index is 907. The highest BCUT2D eigenvalue weighted by atomic mass is 16.6. The van der Waals surface area contributed by atoms with Gasteiger partial charge in [-0.2, -0.15) is 0 Å². The number of esters is 1. The molecule has 0 radical (unpaired) electrons. The van der Waals surface area contributed by atoms with Crippen LogP contribution in [0.4, 0.5) is 5.69 Å². The molecule has 0 aliphatic carbocycles. The van der Waals surface area contributed by atoms with E-state index < -0.39 is 10.9 Å². The Hall–Kier alpha value is -3.48. The number of allylic oxidation sites excluding steroid dienone is 1. The molecule has 2 aromatic rings. The van der Waals surface area contributed by atoms with E-state index in [1.54, 1.807) is 12.1 Å². The number of ketones is 1. The predicted octanol–water partition coefficient (Wildman–Crippen LogP) is 3.64. The second-order valence-electron chi connectivity index (χ2n) is 5.90. The van der Waals surface area contributed by atoms with Crippen LogP contribution in [0.3, 0.4) is 0 Å². The second kappa shape index (κ2) is 8.75. The largest absolute Gasteiger partial charge is 0.454 e. The quantitative estimate of drug-likeness (QED) is 0.177. The third kappa shape index (κ3) is 5.01. The number of hydrogen-bond acceptors (Lipinski definition) is 5. The highest BCUT2D eigenvalue weighted by Gasteiger charge is 2.16. The molecule has 0 amide bonds. The maximum atomic E-state index is 12.3. The molecule has 0 N–H and O–H groups in total. The van der Waals surface area contributed by atoms with Crippen LogP contribution < -0.4 is 0 Å². The van der Waals surface area contributed by atoms with Crippen molar-refractivity contribution in [2.75, 3.05) is 6.61 Å². The molecule has 0 aliphatic heterocycles. The van der Waals surface area contributed by atoms with E-state index in [0.29, 0.717) is 17.7 Å². The third-order valence-electron chi connectivity index (χ3n) is 4.05. The summed E-state index contributed by atoms with van der Waals surface area (Å²) in [7, 11) is 0. The molecule has 0 atom stereocenters. The topological polar surface area (TPSA) is 91.4 Å². The molecule has 0 saturated heterocycles. The molecule has 7 heteroatoms. The number of hydrogen-bond donors (Lipinski definition) is 0. The van der Waals surface area contributed by atoms with Gasteiger partial charge < -0.3 is 9.30 Å². The summed E-state index contributed by atoms with van der Waals surface area (Å²) < 4.78 is 6.95. The van der Waals surface area contributed by atoms with Crippen LogP contribution in [-0.4, -0.2) is 27.8 Å². The maximum absolute atomic E-state index is 12.3. The van der Waals surface area contributed by atoms with Crippen molar-refractivity contribution in [3.8, 4) is 0 Å². The lowest BCUT2D eigenvalue weighted by molar-refractivity contribution is -0.384. The van der Waals surface area contributed by atoms with Gasteiger partial charge in [0, 0.05) is 41.7 Å². The fraction of sp³-hybridized carbons (Fsp3) is 0.200. The summed E-state index contributed by atoms with van der Waals surface area (Å²) >= 11 is 0. The summed E-state index contributed by atoms with van der Waals surface area (Å²) in [6.07, 6.45) is 4.39. The van der Waals surface area contributed by atoms with E-state index in [9.17, 15) is 19.7 Å². The summed E-state index contributed by atoms with van der Waals surface area (Å²) in [5, 5.41) is 10.6. The molecule has 2 rings (SSSR count). The van der Waals surface area contributed by atoms with Crippen molar-refractivity contribution in [2.24, 2.45) is 0 Å². The van der Waals surface area contributed by atoms with Gasteiger partial charge in [-0.05, 0) is 43.7 Å². The van der Waals surface area contributed by atoms with E-state index in [1.165, 1.54) is 36.4 Å². The van der Waals surface area contributed by atoms with Crippen molar-refractivity contribution in [3.05, 3.63) is 81.7 Å². The molecular formula is C20H20N2O5. The molecular weight excluding hydrogens is 348 g/mol. The number of benzene rings is 1. The molecule has 0 fully saturated rings. The number of carbonyl (C=O) groups is 2. The summed E-state index contributed by atoms with van der Waals surface area (Å²) in [6, 6.07) is 7.48. The van der Waals surface area contributed by atoms with Gasteiger partial charge in [0.1, 0.15) is 0 Å². The molecule has 0 aliphatic rings.